The Balaban J connectivity index is 2.26. The molecule has 2 aromatic rings. The van der Waals surface area contributed by atoms with Crippen LogP contribution in [0.1, 0.15) is 18.5 Å². The smallest absolute Gasteiger partial charge is 0.184 e. The van der Waals surface area contributed by atoms with Gasteiger partial charge in [0.1, 0.15) is 5.75 Å². The maximum Gasteiger partial charge on any atom is 0.184 e. The highest BCUT2D eigenvalue weighted by atomic mass is 35.5. The van der Waals surface area contributed by atoms with Gasteiger partial charge in [-0.2, -0.15) is 0 Å². The maximum atomic E-state index is 13.7. The lowest BCUT2D eigenvalue weighted by Crippen LogP contribution is -2.12. The van der Waals surface area contributed by atoms with E-state index in [1.54, 1.807) is 18.2 Å². The highest BCUT2D eigenvalue weighted by molar-refractivity contribution is 6.30. The van der Waals surface area contributed by atoms with Crippen LogP contribution in [0.25, 0.3) is 0 Å². The molecule has 0 bridgehead atoms. The summed E-state index contributed by atoms with van der Waals surface area (Å²) in [5, 5.41) is 3.20. The van der Waals surface area contributed by atoms with Gasteiger partial charge >= 0.3 is 0 Å². The van der Waals surface area contributed by atoms with Crippen LogP contribution in [0.15, 0.2) is 42.5 Å². The molecule has 0 aliphatic rings. The van der Waals surface area contributed by atoms with Gasteiger partial charge in [0, 0.05) is 6.04 Å². The Morgan fingerprint density at radius 2 is 1.95 bits per heavy atom. The lowest BCUT2D eigenvalue weighted by Gasteiger charge is -2.13. The van der Waals surface area contributed by atoms with Crippen molar-refractivity contribution in [1.82, 2.24) is 5.32 Å². The van der Waals surface area contributed by atoms with E-state index in [1.165, 1.54) is 6.07 Å². The highest BCUT2D eigenvalue weighted by Crippen LogP contribution is 2.29. The van der Waals surface area contributed by atoms with Crippen LogP contribution in [-0.2, 0) is 0 Å². The lowest BCUT2D eigenvalue weighted by molar-refractivity contribution is 0.441. The van der Waals surface area contributed by atoms with Crippen LogP contribution in [0.5, 0.6) is 11.5 Å². The molecule has 0 aromatic heterocycles. The summed E-state index contributed by atoms with van der Waals surface area (Å²) in [6, 6.07) is 12.4. The molecule has 0 radical (unpaired) electrons. The average molecular weight is 280 g/mol. The van der Waals surface area contributed by atoms with Crippen LogP contribution >= 0.6 is 11.6 Å². The Hall–Kier alpha value is -1.58. The molecular weight excluding hydrogens is 265 g/mol. The first-order chi connectivity index (χ1) is 9.11. The largest absolute Gasteiger partial charge is 0.454 e. The van der Waals surface area contributed by atoms with Crippen molar-refractivity contribution in [3.05, 3.63) is 58.9 Å². The molecule has 4 heteroatoms. The van der Waals surface area contributed by atoms with Gasteiger partial charge in [-0.1, -0.05) is 29.8 Å². The van der Waals surface area contributed by atoms with Crippen molar-refractivity contribution in [2.45, 2.75) is 13.0 Å². The zero-order chi connectivity index (χ0) is 13.8. The molecule has 1 unspecified atom stereocenters. The van der Waals surface area contributed by atoms with E-state index in [4.69, 9.17) is 16.3 Å². The van der Waals surface area contributed by atoms with E-state index in [2.05, 4.69) is 5.32 Å². The zero-order valence-corrected chi connectivity index (χ0v) is 11.5. The Kier molecular flexibility index (Phi) is 4.40. The topological polar surface area (TPSA) is 21.3 Å². The van der Waals surface area contributed by atoms with Crippen molar-refractivity contribution in [2.24, 2.45) is 0 Å². The van der Waals surface area contributed by atoms with E-state index >= 15 is 0 Å². The number of halogens is 2. The van der Waals surface area contributed by atoms with Gasteiger partial charge in [0.05, 0.1) is 5.02 Å². The molecule has 1 N–H and O–H groups in total. The van der Waals surface area contributed by atoms with Crippen molar-refractivity contribution in [3.63, 3.8) is 0 Å². The van der Waals surface area contributed by atoms with Crippen LogP contribution in [0.4, 0.5) is 4.39 Å². The molecule has 0 saturated heterocycles. The van der Waals surface area contributed by atoms with Crippen LogP contribution in [0, 0.1) is 5.82 Å². The minimum Gasteiger partial charge on any atom is -0.454 e. The predicted octanol–water partition coefficient (Wildman–Crippen LogP) is 4.55. The average Bonchev–Trinajstić information content (AvgIpc) is 2.43. The van der Waals surface area contributed by atoms with Gasteiger partial charge in [-0.05, 0) is 43.8 Å². The zero-order valence-electron chi connectivity index (χ0n) is 10.8. The fourth-order valence-corrected chi connectivity index (χ4v) is 1.87. The van der Waals surface area contributed by atoms with Crippen LogP contribution < -0.4 is 10.1 Å². The van der Waals surface area contributed by atoms with Crippen molar-refractivity contribution >= 4 is 11.6 Å². The maximum absolute atomic E-state index is 13.7. The van der Waals surface area contributed by atoms with Gasteiger partial charge < -0.3 is 10.1 Å². The molecule has 0 heterocycles. The molecule has 0 aliphatic heterocycles. The van der Waals surface area contributed by atoms with E-state index in [0.717, 1.165) is 5.56 Å². The normalized spacial score (nSPS) is 12.2. The summed E-state index contributed by atoms with van der Waals surface area (Å²) in [5.41, 5.74) is 1.07. The summed E-state index contributed by atoms with van der Waals surface area (Å²) in [5.74, 6) is 0.166. The van der Waals surface area contributed by atoms with Crippen molar-refractivity contribution in [2.75, 3.05) is 7.05 Å². The van der Waals surface area contributed by atoms with Gasteiger partial charge in [-0.15, -0.1) is 0 Å². The molecule has 1 atom stereocenters. The number of hydrogen-bond acceptors (Lipinski definition) is 2. The first kappa shape index (κ1) is 13.8. The van der Waals surface area contributed by atoms with Crippen LogP contribution in [0.3, 0.4) is 0 Å². The molecule has 19 heavy (non-hydrogen) atoms. The van der Waals surface area contributed by atoms with Gasteiger partial charge in [0.2, 0.25) is 0 Å². The van der Waals surface area contributed by atoms with E-state index < -0.39 is 5.82 Å². The summed E-state index contributed by atoms with van der Waals surface area (Å²) in [6.45, 7) is 2.04. The van der Waals surface area contributed by atoms with E-state index in [1.807, 2.05) is 32.2 Å². The minimum absolute atomic E-state index is 0.0530. The summed E-state index contributed by atoms with van der Waals surface area (Å²) in [7, 11) is 1.88. The predicted molar refractivity (Wildman–Crippen MR) is 75.4 cm³/mol. The number of nitrogens with one attached hydrogen (secondary N) is 1. The molecule has 0 amide bonds. The standard InChI is InChI=1S/C15H15ClFNO/c1-10(18-2)11-5-3-6-12(9-11)19-14-8-4-7-13(16)15(14)17/h3-10,18H,1-2H3. The summed E-state index contributed by atoms with van der Waals surface area (Å²) in [4.78, 5) is 0. The Labute approximate surface area is 117 Å². The lowest BCUT2D eigenvalue weighted by atomic mass is 10.1. The second-order valence-electron chi connectivity index (χ2n) is 4.24. The van der Waals surface area contributed by atoms with Gasteiger partial charge in [0.15, 0.2) is 11.6 Å². The monoisotopic (exact) mass is 279 g/mol. The number of rotatable bonds is 4. The molecule has 2 nitrogen and oxygen atoms in total. The summed E-state index contributed by atoms with van der Waals surface area (Å²) in [6.07, 6.45) is 0. The second kappa shape index (κ2) is 6.04. The molecule has 2 aromatic carbocycles. The number of hydrogen-bond donors (Lipinski definition) is 1. The molecular formula is C15H15ClFNO. The third-order valence-electron chi connectivity index (χ3n) is 2.94. The Morgan fingerprint density at radius 1 is 1.21 bits per heavy atom. The Morgan fingerprint density at radius 3 is 2.68 bits per heavy atom. The molecule has 0 fully saturated rings. The number of benzene rings is 2. The SMILES string of the molecule is CNC(C)c1cccc(Oc2cccc(Cl)c2F)c1. The summed E-state index contributed by atoms with van der Waals surface area (Å²) < 4.78 is 19.3. The van der Waals surface area contributed by atoms with Gasteiger partial charge in [-0.3, -0.25) is 0 Å². The van der Waals surface area contributed by atoms with E-state index in [0.29, 0.717) is 5.75 Å². The van der Waals surface area contributed by atoms with Crippen molar-refractivity contribution in [3.8, 4) is 11.5 Å². The van der Waals surface area contributed by atoms with Crippen LogP contribution in [-0.4, -0.2) is 7.05 Å². The third-order valence-corrected chi connectivity index (χ3v) is 3.23. The molecule has 100 valence electrons. The molecule has 0 spiro atoms. The fraction of sp³-hybridized carbons (Fsp3) is 0.200. The fourth-order valence-electron chi connectivity index (χ4n) is 1.70. The second-order valence-corrected chi connectivity index (χ2v) is 4.64. The first-order valence-corrected chi connectivity index (χ1v) is 6.38. The molecule has 0 aliphatic carbocycles. The molecule has 0 saturated carbocycles. The Bertz CT molecular complexity index is 574. The van der Waals surface area contributed by atoms with E-state index in [-0.39, 0.29) is 16.8 Å². The third kappa shape index (κ3) is 3.25. The quantitative estimate of drug-likeness (QED) is 0.886. The minimum atomic E-state index is -0.545. The highest BCUT2D eigenvalue weighted by Gasteiger charge is 2.09. The number of ether oxygens (including phenoxy) is 1. The van der Waals surface area contributed by atoms with Gasteiger partial charge in [0.25, 0.3) is 0 Å². The first-order valence-electron chi connectivity index (χ1n) is 6.01. The van der Waals surface area contributed by atoms with Crippen LogP contribution in [0.2, 0.25) is 5.02 Å². The summed E-state index contributed by atoms with van der Waals surface area (Å²) >= 11 is 5.72. The van der Waals surface area contributed by atoms with Gasteiger partial charge in [-0.25, -0.2) is 4.39 Å². The van der Waals surface area contributed by atoms with E-state index in [9.17, 15) is 4.39 Å². The van der Waals surface area contributed by atoms with Crippen molar-refractivity contribution in [1.29, 1.82) is 0 Å². The molecule has 2 rings (SSSR count). The van der Waals surface area contributed by atoms with Crippen molar-refractivity contribution < 1.29 is 9.13 Å².